The molecule has 0 saturated carbocycles. The van der Waals surface area contributed by atoms with E-state index >= 15 is 0 Å². The first-order valence-electron chi connectivity index (χ1n) is 6.28. The van der Waals surface area contributed by atoms with E-state index in [1.165, 1.54) is 0 Å². The molecule has 0 bridgehead atoms. The molecular formula is C12H21N3O3. The summed E-state index contributed by atoms with van der Waals surface area (Å²) in [5.41, 5.74) is 5.57. The highest BCUT2D eigenvalue weighted by molar-refractivity contribution is 6.03. The van der Waals surface area contributed by atoms with Crippen LogP contribution in [0.15, 0.2) is 0 Å². The Labute approximate surface area is 107 Å². The summed E-state index contributed by atoms with van der Waals surface area (Å²) in [5, 5.41) is 2.69. The molecule has 1 fully saturated rings. The third-order valence-corrected chi connectivity index (χ3v) is 2.90. The van der Waals surface area contributed by atoms with Crippen LogP contribution in [0.3, 0.4) is 0 Å². The molecule has 0 spiro atoms. The monoisotopic (exact) mass is 255 g/mol. The van der Waals surface area contributed by atoms with Crippen LogP contribution in [0, 0.1) is 5.92 Å². The van der Waals surface area contributed by atoms with Crippen molar-refractivity contribution in [2.75, 3.05) is 13.1 Å². The summed E-state index contributed by atoms with van der Waals surface area (Å²) in [6, 6.07) is -0.661. The van der Waals surface area contributed by atoms with E-state index in [9.17, 15) is 14.4 Å². The number of amides is 3. The maximum Gasteiger partial charge on any atom is 0.246 e. The maximum absolute atomic E-state index is 11.7. The van der Waals surface area contributed by atoms with Gasteiger partial charge in [-0.2, -0.15) is 0 Å². The van der Waals surface area contributed by atoms with Gasteiger partial charge in [0.1, 0.15) is 6.54 Å². The van der Waals surface area contributed by atoms with E-state index in [0.717, 1.165) is 11.3 Å². The molecule has 0 aromatic carbocycles. The van der Waals surface area contributed by atoms with Crippen LogP contribution in [-0.4, -0.2) is 41.8 Å². The molecule has 0 radical (unpaired) electrons. The summed E-state index contributed by atoms with van der Waals surface area (Å²) in [5.74, 6) is -0.589. The van der Waals surface area contributed by atoms with Gasteiger partial charge in [0.15, 0.2) is 0 Å². The highest BCUT2D eigenvalue weighted by atomic mass is 16.2. The second-order valence-corrected chi connectivity index (χ2v) is 5.00. The zero-order valence-corrected chi connectivity index (χ0v) is 10.9. The Morgan fingerprint density at radius 1 is 1.50 bits per heavy atom. The molecule has 1 saturated heterocycles. The van der Waals surface area contributed by atoms with Crippen molar-refractivity contribution in [1.82, 2.24) is 10.2 Å². The van der Waals surface area contributed by atoms with Gasteiger partial charge < -0.3 is 11.1 Å². The number of hydrogen-bond acceptors (Lipinski definition) is 4. The van der Waals surface area contributed by atoms with Crippen LogP contribution in [0.25, 0.3) is 0 Å². The van der Waals surface area contributed by atoms with Crippen molar-refractivity contribution in [3.05, 3.63) is 0 Å². The van der Waals surface area contributed by atoms with Crippen LogP contribution in [0.4, 0.5) is 0 Å². The summed E-state index contributed by atoms with van der Waals surface area (Å²) in [6.45, 7) is 4.45. The Morgan fingerprint density at radius 3 is 2.78 bits per heavy atom. The number of carbonyl (C=O) groups is 3. The molecule has 3 N–H and O–H groups in total. The Kier molecular flexibility index (Phi) is 5.27. The number of rotatable bonds is 5. The van der Waals surface area contributed by atoms with Crippen molar-refractivity contribution in [1.29, 1.82) is 0 Å². The van der Waals surface area contributed by atoms with Gasteiger partial charge in [-0.1, -0.05) is 13.8 Å². The van der Waals surface area contributed by atoms with Gasteiger partial charge in [-0.05, 0) is 18.8 Å². The summed E-state index contributed by atoms with van der Waals surface area (Å²) in [7, 11) is 0. The fourth-order valence-corrected chi connectivity index (χ4v) is 1.73. The van der Waals surface area contributed by atoms with Gasteiger partial charge in [-0.3, -0.25) is 19.3 Å². The standard InChI is InChI=1S/C12H21N3O3/c1-8(2)5-6-14-10(16)7-15-11(17)4-3-9(13)12(15)18/h8-9H,3-7,13H2,1-2H3,(H,14,16). The average molecular weight is 255 g/mol. The Morgan fingerprint density at radius 2 is 2.17 bits per heavy atom. The van der Waals surface area contributed by atoms with Gasteiger partial charge >= 0.3 is 0 Å². The highest BCUT2D eigenvalue weighted by Crippen LogP contribution is 2.11. The fraction of sp³-hybridized carbons (Fsp3) is 0.750. The van der Waals surface area contributed by atoms with Crippen molar-refractivity contribution in [2.45, 2.75) is 39.2 Å². The number of nitrogens with zero attached hydrogens (tertiary/aromatic N) is 1. The van der Waals surface area contributed by atoms with Crippen molar-refractivity contribution in [2.24, 2.45) is 11.7 Å². The van der Waals surface area contributed by atoms with Gasteiger partial charge in [0, 0.05) is 13.0 Å². The second-order valence-electron chi connectivity index (χ2n) is 5.00. The molecule has 6 heteroatoms. The number of piperidine rings is 1. The number of likely N-dealkylation sites (tertiary alicyclic amines) is 1. The minimum atomic E-state index is -0.661. The minimum Gasteiger partial charge on any atom is -0.355 e. The summed E-state index contributed by atoms with van der Waals surface area (Å²) < 4.78 is 0. The molecule has 0 aliphatic carbocycles. The molecule has 1 rings (SSSR count). The molecule has 0 aromatic rings. The zero-order chi connectivity index (χ0) is 13.7. The summed E-state index contributed by atoms with van der Waals surface area (Å²) in [6.07, 6.45) is 1.46. The lowest BCUT2D eigenvalue weighted by Gasteiger charge is -2.28. The normalized spacial score (nSPS) is 20.4. The van der Waals surface area contributed by atoms with Crippen molar-refractivity contribution >= 4 is 17.7 Å². The quantitative estimate of drug-likeness (QED) is 0.655. The van der Waals surface area contributed by atoms with Gasteiger partial charge in [-0.15, -0.1) is 0 Å². The number of imide groups is 1. The third kappa shape index (κ3) is 4.10. The number of carbonyl (C=O) groups excluding carboxylic acids is 3. The fourth-order valence-electron chi connectivity index (χ4n) is 1.73. The number of hydrogen-bond donors (Lipinski definition) is 2. The maximum atomic E-state index is 11.7. The van der Waals surface area contributed by atoms with Crippen molar-refractivity contribution < 1.29 is 14.4 Å². The molecule has 1 unspecified atom stereocenters. The molecule has 0 aromatic heterocycles. The minimum absolute atomic E-state index is 0.219. The smallest absolute Gasteiger partial charge is 0.246 e. The van der Waals surface area contributed by atoms with Crippen LogP contribution in [-0.2, 0) is 14.4 Å². The first-order valence-corrected chi connectivity index (χ1v) is 6.28. The van der Waals surface area contributed by atoms with Crippen LogP contribution >= 0.6 is 0 Å². The van der Waals surface area contributed by atoms with E-state index in [0.29, 0.717) is 18.9 Å². The van der Waals surface area contributed by atoms with Gasteiger partial charge in [0.2, 0.25) is 17.7 Å². The number of nitrogens with one attached hydrogen (secondary N) is 1. The lowest BCUT2D eigenvalue weighted by atomic mass is 10.1. The lowest BCUT2D eigenvalue weighted by molar-refractivity contribution is -0.151. The van der Waals surface area contributed by atoms with E-state index in [2.05, 4.69) is 19.2 Å². The molecule has 1 aliphatic heterocycles. The van der Waals surface area contributed by atoms with E-state index in [4.69, 9.17) is 5.73 Å². The van der Waals surface area contributed by atoms with Crippen LogP contribution in [0.2, 0.25) is 0 Å². The van der Waals surface area contributed by atoms with Crippen molar-refractivity contribution in [3.63, 3.8) is 0 Å². The summed E-state index contributed by atoms with van der Waals surface area (Å²) in [4.78, 5) is 35.7. The first-order chi connectivity index (χ1) is 8.41. The number of nitrogens with two attached hydrogens (primary N) is 1. The molecule has 3 amide bonds. The van der Waals surface area contributed by atoms with Gasteiger partial charge in [-0.25, -0.2) is 0 Å². The van der Waals surface area contributed by atoms with E-state index in [1.54, 1.807) is 0 Å². The van der Waals surface area contributed by atoms with Crippen LogP contribution in [0.1, 0.15) is 33.1 Å². The van der Waals surface area contributed by atoms with Crippen LogP contribution in [0.5, 0.6) is 0 Å². The second kappa shape index (κ2) is 6.49. The Bertz CT molecular complexity index is 341. The topological polar surface area (TPSA) is 92.5 Å². The molecule has 1 heterocycles. The van der Waals surface area contributed by atoms with E-state index in [-0.39, 0.29) is 24.8 Å². The SMILES string of the molecule is CC(C)CCNC(=O)CN1C(=O)CCC(N)C1=O. The van der Waals surface area contributed by atoms with E-state index in [1.807, 2.05) is 0 Å². The summed E-state index contributed by atoms with van der Waals surface area (Å²) >= 11 is 0. The molecule has 18 heavy (non-hydrogen) atoms. The molecule has 1 aliphatic rings. The third-order valence-electron chi connectivity index (χ3n) is 2.90. The predicted octanol–water partition coefficient (Wildman–Crippen LogP) is -0.375. The average Bonchev–Trinajstić information content (AvgIpc) is 2.29. The molecule has 1 atom stereocenters. The Balaban J connectivity index is 2.42. The highest BCUT2D eigenvalue weighted by Gasteiger charge is 2.33. The van der Waals surface area contributed by atoms with E-state index < -0.39 is 11.9 Å². The van der Waals surface area contributed by atoms with Gasteiger partial charge in [0.05, 0.1) is 6.04 Å². The van der Waals surface area contributed by atoms with Gasteiger partial charge in [0.25, 0.3) is 0 Å². The molecule has 6 nitrogen and oxygen atoms in total. The first kappa shape index (κ1) is 14.6. The zero-order valence-electron chi connectivity index (χ0n) is 10.9. The Hall–Kier alpha value is -1.43. The van der Waals surface area contributed by atoms with Crippen LogP contribution < -0.4 is 11.1 Å². The van der Waals surface area contributed by atoms with Crippen molar-refractivity contribution in [3.8, 4) is 0 Å². The largest absolute Gasteiger partial charge is 0.355 e. The lowest BCUT2D eigenvalue weighted by Crippen LogP contribution is -2.54. The predicted molar refractivity (Wildman–Crippen MR) is 66.4 cm³/mol. The molecular weight excluding hydrogens is 234 g/mol. The molecule has 102 valence electrons.